The number of aromatic nitrogens is 3. The van der Waals surface area contributed by atoms with Gasteiger partial charge in [-0.25, -0.2) is 0 Å². The second-order valence-electron chi connectivity index (χ2n) is 18.1. The van der Waals surface area contributed by atoms with E-state index in [-0.39, 0.29) is 22.4 Å². The molecule has 0 aliphatic heterocycles. The van der Waals surface area contributed by atoms with Crippen LogP contribution in [0.25, 0.3) is 66.5 Å². The first-order chi connectivity index (χ1) is 33.8. The number of aryl methyl sites for hydroxylation is 3. The average Bonchev–Trinajstić information content (AvgIpc) is 3.76. The maximum absolute atomic E-state index is 9.80. The summed E-state index contributed by atoms with van der Waals surface area (Å²) in [6.07, 6.45) is 0.323. The molecule has 10 aromatic rings. The molecule has 4 nitrogen and oxygen atoms in total. The van der Waals surface area contributed by atoms with Gasteiger partial charge in [-0.3, -0.25) is 15.0 Å². The minimum atomic E-state index is -2.87. The summed E-state index contributed by atoms with van der Waals surface area (Å²) in [7, 11) is 0. The Kier molecular flexibility index (Phi) is 8.79. The standard InChI is InChI=1S/C60H53N3O/c1-40-31-56(53-22-14-21-51-52-28-25-44-15-12-13-20-50(44)57(52)64-58(51)53)61-37-47(40)24-23-41-32-42(35-59(2,3)48-26-29-54(62-38-48)45-16-8-6-9-17-45)34-43(33-41)36-60(4,5)49-27-30-55(63-39-49)46-18-10-7-11-19-46/h6-22,25-34,37-39H,23-24,35-36H2,1-5H3/i1D3,23D2,24D2. The molecule has 0 aliphatic rings. The van der Waals surface area contributed by atoms with Gasteiger partial charge in [-0.2, -0.15) is 0 Å². The molecule has 6 aromatic carbocycles. The lowest BCUT2D eigenvalue weighted by molar-refractivity contribution is 0.512. The summed E-state index contributed by atoms with van der Waals surface area (Å²) < 4.78 is 71.8. The zero-order chi connectivity index (χ0) is 49.9. The third-order valence-corrected chi connectivity index (χ3v) is 12.5. The van der Waals surface area contributed by atoms with E-state index in [9.17, 15) is 5.48 Å². The van der Waals surface area contributed by atoms with Crippen LogP contribution in [-0.2, 0) is 36.4 Å². The molecule has 0 radical (unpaired) electrons. The first-order valence-electron chi connectivity index (χ1n) is 25.3. The normalized spacial score (nSPS) is 14.3. The first kappa shape index (κ1) is 33.4. The number of benzene rings is 6. The van der Waals surface area contributed by atoms with Gasteiger partial charge in [0, 0.05) is 61.0 Å². The molecule has 4 heteroatoms. The van der Waals surface area contributed by atoms with E-state index in [4.69, 9.17) is 23.5 Å². The molecule has 0 saturated heterocycles. The van der Waals surface area contributed by atoms with Crippen LogP contribution in [0.2, 0.25) is 0 Å². The maximum atomic E-state index is 9.80. The molecule has 4 aromatic heterocycles. The Morgan fingerprint density at radius 1 is 0.484 bits per heavy atom. The fraction of sp³-hybridized carbons (Fsp3) is 0.183. The smallest absolute Gasteiger partial charge is 0.144 e. The van der Waals surface area contributed by atoms with Gasteiger partial charge in [-0.05, 0) is 118 Å². The lowest BCUT2D eigenvalue weighted by Crippen LogP contribution is -2.23. The summed E-state index contributed by atoms with van der Waals surface area (Å²) in [6.45, 7) is 5.67. The van der Waals surface area contributed by atoms with E-state index >= 15 is 0 Å². The number of furan rings is 1. The van der Waals surface area contributed by atoms with Gasteiger partial charge in [0.2, 0.25) is 0 Å². The fourth-order valence-electron chi connectivity index (χ4n) is 8.98. The SMILES string of the molecule is [2H]C([2H])([2H])c1cc(-c2cccc3c2oc2c4ccccc4ccc32)ncc1C([2H])([2H])C([2H])([2H])c1cc(CC(C)(C)c2ccc(-c3ccccc3)nc2)cc(CC(C)(C)c2ccc(-c3ccccc3)nc2)c1. The first-order valence-corrected chi connectivity index (χ1v) is 21.8. The Morgan fingerprint density at radius 3 is 1.66 bits per heavy atom. The third kappa shape index (κ3) is 8.24. The highest BCUT2D eigenvalue weighted by atomic mass is 16.3. The summed E-state index contributed by atoms with van der Waals surface area (Å²) >= 11 is 0. The topological polar surface area (TPSA) is 51.8 Å². The van der Waals surface area contributed by atoms with Crippen LogP contribution < -0.4 is 0 Å². The van der Waals surface area contributed by atoms with Crippen molar-refractivity contribution in [2.75, 3.05) is 0 Å². The molecule has 4 heterocycles. The van der Waals surface area contributed by atoms with E-state index in [1.807, 2.05) is 140 Å². The number of rotatable bonds is 12. The zero-order valence-corrected chi connectivity index (χ0v) is 36.5. The number of hydrogen-bond donors (Lipinski definition) is 0. The van der Waals surface area contributed by atoms with Gasteiger partial charge in [0.1, 0.15) is 11.2 Å². The predicted octanol–water partition coefficient (Wildman–Crippen LogP) is 15.1. The van der Waals surface area contributed by atoms with E-state index in [0.29, 0.717) is 29.6 Å². The number of nitrogens with zero attached hydrogens (tertiary/aromatic N) is 3. The van der Waals surface area contributed by atoms with Crippen LogP contribution in [0.15, 0.2) is 187 Å². The van der Waals surface area contributed by atoms with Crippen LogP contribution in [0.5, 0.6) is 0 Å². The Hall–Kier alpha value is -7.17. The Bertz CT molecular complexity index is 3450. The summed E-state index contributed by atoms with van der Waals surface area (Å²) in [4.78, 5) is 14.3. The van der Waals surface area contributed by atoms with E-state index in [1.54, 1.807) is 12.1 Å². The highest BCUT2D eigenvalue weighted by Crippen LogP contribution is 2.39. The minimum absolute atomic E-state index is 0.0940. The van der Waals surface area contributed by atoms with Crippen LogP contribution >= 0.6 is 0 Å². The monoisotopic (exact) mass is 838 g/mol. The van der Waals surface area contributed by atoms with Crippen molar-refractivity contribution in [3.05, 3.63) is 221 Å². The van der Waals surface area contributed by atoms with Crippen molar-refractivity contribution in [2.24, 2.45) is 0 Å². The lowest BCUT2D eigenvalue weighted by Gasteiger charge is -2.28. The van der Waals surface area contributed by atoms with Crippen LogP contribution in [0.3, 0.4) is 0 Å². The van der Waals surface area contributed by atoms with Crippen molar-refractivity contribution >= 4 is 32.7 Å². The van der Waals surface area contributed by atoms with E-state index in [1.165, 1.54) is 12.3 Å². The third-order valence-electron chi connectivity index (χ3n) is 12.5. The van der Waals surface area contributed by atoms with Crippen molar-refractivity contribution in [3.63, 3.8) is 0 Å². The van der Waals surface area contributed by atoms with E-state index < -0.39 is 30.4 Å². The van der Waals surface area contributed by atoms with Gasteiger partial charge in [0.15, 0.2) is 0 Å². The molecule has 0 saturated carbocycles. The Morgan fingerprint density at radius 2 is 1.05 bits per heavy atom. The van der Waals surface area contributed by atoms with Crippen molar-refractivity contribution in [2.45, 2.75) is 71.0 Å². The second kappa shape index (κ2) is 16.8. The zero-order valence-electron chi connectivity index (χ0n) is 43.5. The van der Waals surface area contributed by atoms with Gasteiger partial charge in [-0.15, -0.1) is 0 Å². The molecule has 64 heavy (non-hydrogen) atoms. The molecule has 0 bridgehead atoms. The maximum Gasteiger partial charge on any atom is 0.144 e. The van der Waals surface area contributed by atoms with Crippen molar-refractivity contribution in [1.29, 1.82) is 0 Å². The highest BCUT2D eigenvalue weighted by molar-refractivity contribution is 6.17. The van der Waals surface area contributed by atoms with E-state index in [0.717, 1.165) is 66.3 Å². The Labute approximate surface area is 386 Å². The van der Waals surface area contributed by atoms with Crippen LogP contribution in [-0.4, -0.2) is 15.0 Å². The molecule has 0 spiro atoms. The Balaban J connectivity index is 1.04. The van der Waals surface area contributed by atoms with Crippen LogP contribution in [0, 0.1) is 6.85 Å². The van der Waals surface area contributed by atoms with Gasteiger partial charge < -0.3 is 4.42 Å². The molecular weight excluding hydrogens is 779 g/mol. The van der Waals surface area contributed by atoms with Gasteiger partial charge in [-0.1, -0.05) is 161 Å². The fourth-order valence-corrected chi connectivity index (χ4v) is 8.98. The molecule has 0 atom stereocenters. The van der Waals surface area contributed by atoms with Gasteiger partial charge in [0.25, 0.3) is 0 Å². The van der Waals surface area contributed by atoms with Crippen molar-refractivity contribution < 1.29 is 14.0 Å². The molecule has 0 N–H and O–H groups in total. The number of para-hydroxylation sites is 1. The summed E-state index contributed by atoms with van der Waals surface area (Å²) in [5.74, 6) is 0. The average molecular weight is 839 g/mol. The van der Waals surface area contributed by atoms with Gasteiger partial charge in [0.05, 0.1) is 17.1 Å². The molecule has 0 unspecified atom stereocenters. The minimum Gasteiger partial charge on any atom is -0.455 e. The van der Waals surface area contributed by atoms with Crippen molar-refractivity contribution in [3.8, 4) is 33.8 Å². The largest absolute Gasteiger partial charge is 0.455 e. The molecule has 0 amide bonds. The highest BCUT2D eigenvalue weighted by Gasteiger charge is 2.26. The summed E-state index contributed by atoms with van der Waals surface area (Å²) in [5.41, 5.74) is 7.86. The molecule has 0 aliphatic carbocycles. The lowest BCUT2D eigenvalue weighted by atomic mass is 9.77. The van der Waals surface area contributed by atoms with Crippen molar-refractivity contribution in [1.82, 2.24) is 15.0 Å². The number of hydrogen-bond acceptors (Lipinski definition) is 4. The summed E-state index contributed by atoms with van der Waals surface area (Å²) in [5, 5.41) is 3.70. The molecule has 10 rings (SSSR count). The number of pyridine rings is 3. The molecule has 314 valence electrons. The van der Waals surface area contributed by atoms with E-state index in [2.05, 4.69) is 45.9 Å². The molecule has 0 fully saturated rings. The van der Waals surface area contributed by atoms with Crippen LogP contribution in [0.4, 0.5) is 0 Å². The van der Waals surface area contributed by atoms with Gasteiger partial charge >= 0.3 is 0 Å². The number of fused-ring (bicyclic) bond motifs is 5. The summed E-state index contributed by atoms with van der Waals surface area (Å²) in [6, 6.07) is 52.7. The quantitative estimate of drug-likeness (QED) is 0.123. The second-order valence-corrected chi connectivity index (χ2v) is 18.1. The predicted molar refractivity (Wildman–Crippen MR) is 266 cm³/mol. The molecular formula is C60H53N3O. The van der Waals surface area contributed by atoms with Crippen LogP contribution in [0.1, 0.15) is 76.2 Å².